The van der Waals surface area contributed by atoms with Gasteiger partial charge in [0, 0.05) is 18.3 Å². The number of imidazole rings is 1. The third-order valence-corrected chi connectivity index (χ3v) is 5.75. The maximum absolute atomic E-state index is 6.51. The maximum Gasteiger partial charge on any atom is 0.133 e. The van der Waals surface area contributed by atoms with Gasteiger partial charge in [0.1, 0.15) is 11.6 Å². The number of ether oxygens (including phenoxy) is 1. The number of unbranched alkanes of at least 4 members (excludes halogenated alkanes) is 1. The Morgan fingerprint density at radius 1 is 1.06 bits per heavy atom. The molecule has 1 aromatic heterocycles. The van der Waals surface area contributed by atoms with Gasteiger partial charge in [0.25, 0.3) is 0 Å². The summed E-state index contributed by atoms with van der Waals surface area (Å²) in [6.07, 6.45) is 18.4. The van der Waals surface area contributed by atoms with Gasteiger partial charge in [0.2, 0.25) is 0 Å². The third kappa shape index (κ3) is 7.10. The third-order valence-electron chi connectivity index (χ3n) is 5.44. The lowest BCUT2D eigenvalue weighted by atomic mass is 10.1. The Balaban J connectivity index is 1.79. The highest BCUT2D eigenvalue weighted by Crippen LogP contribution is 2.28. The molecule has 0 amide bonds. The molecule has 3 nitrogen and oxygen atoms in total. The Hall–Kier alpha value is -3.30. The van der Waals surface area contributed by atoms with Crippen LogP contribution in [0, 0.1) is 6.92 Å². The monoisotopic (exact) mass is 472 g/mol. The number of rotatable bonds is 10. The summed E-state index contributed by atoms with van der Waals surface area (Å²) >= 11 is 6.51. The molecule has 1 heterocycles. The van der Waals surface area contributed by atoms with E-state index in [0.717, 1.165) is 63.9 Å². The quantitative estimate of drug-likeness (QED) is 0.218. The van der Waals surface area contributed by atoms with Crippen LogP contribution in [0.1, 0.15) is 49.2 Å². The van der Waals surface area contributed by atoms with Crippen molar-refractivity contribution in [2.24, 2.45) is 0 Å². The number of allylic oxidation sites excluding steroid dienone is 4. The molecular formula is C30H33ClN2O. The summed E-state index contributed by atoms with van der Waals surface area (Å²) in [5, 5.41) is 0.734. The first-order valence-electron chi connectivity index (χ1n) is 11.7. The molecule has 4 heteroatoms. The first-order chi connectivity index (χ1) is 16.5. The van der Waals surface area contributed by atoms with Crippen molar-refractivity contribution in [1.82, 2.24) is 9.55 Å². The van der Waals surface area contributed by atoms with Crippen LogP contribution >= 0.6 is 11.6 Å². The van der Waals surface area contributed by atoms with Crippen LogP contribution in [0.5, 0.6) is 0 Å². The lowest BCUT2D eigenvalue weighted by molar-refractivity contribution is 0.307. The zero-order valence-electron chi connectivity index (χ0n) is 20.5. The Morgan fingerprint density at radius 2 is 1.79 bits per heavy atom. The summed E-state index contributed by atoms with van der Waals surface area (Å²) in [5.41, 5.74) is 5.27. The molecule has 0 spiro atoms. The van der Waals surface area contributed by atoms with E-state index < -0.39 is 0 Å². The number of hydrogen-bond donors (Lipinski definition) is 0. The number of benzene rings is 2. The smallest absolute Gasteiger partial charge is 0.133 e. The van der Waals surface area contributed by atoms with Gasteiger partial charge in [-0.2, -0.15) is 0 Å². The van der Waals surface area contributed by atoms with E-state index in [2.05, 4.69) is 66.2 Å². The molecule has 176 valence electrons. The summed E-state index contributed by atoms with van der Waals surface area (Å²) in [6, 6.07) is 14.5. The van der Waals surface area contributed by atoms with Crippen LogP contribution in [-0.2, 0) is 11.3 Å². The van der Waals surface area contributed by atoms with Gasteiger partial charge < -0.3 is 9.30 Å². The van der Waals surface area contributed by atoms with Gasteiger partial charge in [-0.3, -0.25) is 0 Å². The fourth-order valence-corrected chi connectivity index (χ4v) is 3.86. The molecular weight excluding hydrogens is 440 g/mol. The molecule has 0 atom stereocenters. The fraction of sp³-hybridized carbons (Fsp3) is 0.233. The topological polar surface area (TPSA) is 27.1 Å². The van der Waals surface area contributed by atoms with Crippen molar-refractivity contribution in [3.05, 3.63) is 106 Å². The minimum atomic E-state index is 0.734. The van der Waals surface area contributed by atoms with Crippen molar-refractivity contribution in [1.29, 1.82) is 0 Å². The average Bonchev–Trinajstić information content (AvgIpc) is 3.24. The van der Waals surface area contributed by atoms with E-state index in [1.165, 1.54) is 0 Å². The van der Waals surface area contributed by atoms with Gasteiger partial charge >= 0.3 is 0 Å². The molecule has 34 heavy (non-hydrogen) atoms. The molecule has 0 saturated carbocycles. The predicted molar refractivity (Wildman–Crippen MR) is 147 cm³/mol. The molecule has 0 N–H and O–H groups in total. The first kappa shape index (κ1) is 25.3. The van der Waals surface area contributed by atoms with Crippen molar-refractivity contribution in [2.75, 3.05) is 7.11 Å². The number of aryl methyl sites for hydroxylation is 2. The lowest BCUT2D eigenvalue weighted by Gasteiger charge is -2.03. The Kier molecular flexibility index (Phi) is 9.54. The van der Waals surface area contributed by atoms with Crippen LogP contribution in [0.4, 0.5) is 0 Å². The minimum absolute atomic E-state index is 0.734. The number of hydrogen-bond acceptors (Lipinski definition) is 2. The SMILES string of the molecule is C\C=C/C(=C\C=C\c1ccc(/C=C/c2nc(-c3ccc(C)cc3Cl)cn2CCCC)cc1)OC. The predicted octanol–water partition coefficient (Wildman–Crippen LogP) is 8.60. The summed E-state index contributed by atoms with van der Waals surface area (Å²) < 4.78 is 7.51. The molecule has 0 unspecified atom stereocenters. The van der Waals surface area contributed by atoms with Crippen LogP contribution in [0.25, 0.3) is 29.5 Å². The minimum Gasteiger partial charge on any atom is -0.497 e. The van der Waals surface area contributed by atoms with Crippen molar-refractivity contribution in [3.63, 3.8) is 0 Å². The van der Waals surface area contributed by atoms with E-state index in [1.54, 1.807) is 7.11 Å². The van der Waals surface area contributed by atoms with Gasteiger partial charge in [0.15, 0.2) is 0 Å². The highest BCUT2D eigenvalue weighted by Gasteiger charge is 2.11. The van der Waals surface area contributed by atoms with Crippen molar-refractivity contribution < 1.29 is 4.74 Å². The standard InChI is InChI=1S/C30H33ClN2O/c1-5-7-20-33-22-29(27-18-12-23(3)21-28(27)31)32-30(33)19-17-25-15-13-24(14-16-25)10-8-11-26(34-4)9-6-2/h6,8-19,21-22H,5,7,20H2,1-4H3/b9-6-,10-8+,19-17+,26-11+. The highest BCUT2D eigenvalue weighted by atomic mass is 35.5. The Labute approximate surface area is 208 Å². The number of methoxy groups -OCH3 is 1. The number of aromatic nitrogens is 2. The van der Waals surface area contributed by atoms with Gasteiger partial charge in [-0.1, -0.05) is 85.6 Å². The second-order valence-electron chi connectivity index (χ2n) is 8.15. The van der Waals surface area contributed by atoms with E-state index >= 15 is 0 Å². The molecule has 3 aromatic rings. The lowest BCUT2D eigenvalue weighted by Crippen LogP contribution is -1.98. The van der Waals surface area contributed by atoms with Crippen molar-refractivity contribution in [3.8, 4) is 11.3 Å². The molecule has 0 aliphatic heterocycles. The first-order valence-corrected chi connectivity index (χ1v) is 12.1. The van der Waals surface area contributed by atoms with Crippen LogP contribution < -0.4 is 0 Å². The van der Waals surface area contributed by atoms with Crippen LogP contribution in [-0.4, -0.2) is 16.7 Å². The number of nitrogens with zero attached hydrogens (tertiary/aromatic N) is 2. The summed E-state index contributed by atoms with van der Waals surface area (Å²) in [6.45, 7) is 7.15. The Morgan fingerprint density at radius 3 is 2.44 bits per heavy atom. The average molecular weight is 473 g/mol. The second kappa shape index (κ2) is 12.8. The zero-order chi connectivity index (χ0) is 24.3. The van der Waals surface area contributed by atoms with Gasteiger partial charge in [-0.15, -0.1) is 0 Å². The van der Waals surface area contributed by atoms with Crippen LogP contribution in [0.2, 0.25) is 5.02 Å². The molecule has 0 fully saturated rings. The molecule has 0 aliphatic rings. The van der Waals surface area contributed by atoms with Gasteiger partial charge in [-0.05, 0) is 61.3 Å². The second-order valence-corrected chi connectivity index (χ2v) is 8.55. The Bertz CT molecular complexity index is 1200. The zero-order valence-corrected chi connectivity index (χ0v) is 21.2. The van der Waals surface area contributed by atoms with Crippen molar-refractivity contribution >= 4 is 29.8 Å². The molecule has 0 aliphatic carbocycles. The molecule has 0 radical (unpaired) electrons. The molecule has 3 rings (SSSR count). The van der Waals surface area contributed by atoms with Crippen LogP contribution in [0.15, 0.2) is 78.7 Å². The summed E-state index contributed by atoms with van der Waals surface area (Å²) in [7, 11) is 1.67. The fourth-order valence-electron chi connectivity index (χ4n) is 3.53. The highest BCUT2D eigenvalue weighted by molar-refractivity contribution is 6.33. The van der Waals surface area contributed by atoms with Crippen molar-refractivity contribution in [2.45, 2.75) is 40.2 Å². The molecule has 2 aromatic carbocycles. The van der Waals surface area contributed by atoms with E-state index in [1.807, 2.05) is 50.3 Å². The number of halogens is 1. The van der Waals surface area contributed by atoms with E-state index in [-0.39, 0.29) is 0 Å². The van der Waals surface area contributed by atoms with E-state index in [4.69, 9.17) is 21.3 Å². The van der Waals surface area contributed by atoms with Crippen LogP contribution in [0.3, 0.4) is 0 Å². The van der Waals surface area contributed by atoms with Gasteiger partial charge in [0.05, 0.1) is 17.8 Å². The normalized spacial score (nSPS) is 12.4. The summed E-state index contributed by atoms with van der Waals surface area (Å²) in [4.78, 5) is 4.89. The maximum atomic E-state index is 6.51. The summed E-state index contributed by atoms with van der Waals surface area (Å²) in [5.74, 6) is 1.76. The van der Waals surface area contributed by atoms with E-state index in [0.29, 0.717) is 0 Å². The molecule has 0 saturated heterocycles. The largest absolute Gasteiger partial charge is 0.497 e. The molecule has 0 bridgehead atoms. The van der Waals surface area contributed by atoms with Gasteiger partial charge in [-0.25, -0.2) is 4.98 Å². The van der Waals surface area contributed by atoms with E-state index in [9.17, 15) is 0 Å².